The number of benzene rings is 1. The number of nitrogens with one attached hydrogen (secondary N) is 1. The average molecular weight is 548 g/mol. The fourth-order valence-corrected chi connectivity index (χ4v) is 7.73. The van der Waals surface area contributed by atoms with Crippen LogP contribution in [0.5, 0.6) is 0 Å². The number of hydrogen-bond acceptors (Lipinski definition) is 7. The lowest BCUT2D eigenvalue weighted by Crippen LogP contribution is -2.50. The summed E-state index contributed by atoms with van der Waals surface area (Å²) in [6.45, 7) is 0.729. The SMILES string of the molecule is O=C(NCC1=CC(Cc2ccccc2Cl)CS1)[C@H](O)[C@@H](O)C(=O)N1CCC[C@@H]1c1nc2c(s1)CCC2. The van der Waals surface area contributed by atoms with Gasteiger partial charge in [0.15, 0.2) is 12.2 Å². The van der Waals surface area contributed by atoms with Gasteiger partial charge in [-0.1, -0.05) is 35.9 Å². The van der Waals surface area contributed by atoms with Gasteiger partial charge in [0.2, 0.25) is 0 Å². The van der Waals surface area contributed by atoms with Crippen molar-refractivity contribution >= 4 is 46.5 Å². The van der Waals surface area contributed by atoms with Crippen molar-refractivity contribution in [3.8, 4) is 0 Å². The number of aliphatic hydroxyl groups excluding tert-OH is 2. The van der Waals surface area contributed by atoms with Crippen LogP contribution in [0.4, 0.5) is 0 Å². The number of carbonyl (C=O) groups is 2. The van der Waals surface area contributed by atoms with E-state index in [-0.39, 0.29) is 12.6 Å². The van der Waals surface area contributed by atoms with E-state index in [9.17, 15) is 19.8 Å². The van der Waals surface area contributed by atoms with Crippen molar-refractivity contribution in [2.24, 2.45) is 5.92 Å². The number of fused-ring (bicyclic) bond motifs is 1. The first-order valence-electron chi connectivity index (χ1n) is 12.4. The Morgan fingerprint density at radius 3 is 2.83 bits per heavy atom. The van der Waals surface area contributed by atoms with E-state index >= 15 is 0 Å². The van der Waals surface area contributed by atoms with E-state index in [0.29, 0.717) is 12.5 Å². The van der Waals surface area contributed by atoms with E-state index in [1.165, 1.54) is 4.88 Å². The molecule has 3 heterocycles. The van der Waals surface area contributed by atoms with Gasteiger partial charge in [0.25, 0.3) is 11.8 Å². The smallest absolute Gasteiger partial charge is 0.255 e. The molecule has 0 radical (unpaired) electrons. The van der Waals surface area contributed by atoms with Crippen molar-refractivity contribution in [1.82, 2.24) is 15.2 Å². The summed E-state index contributed by atoms with van der Waals surface area (Å²) in [7, 11) is 0. The molecule has 7 nitrogen and oxygen atoms in total. The van der Waals surface area contributed by atoms with Gasteiger partial charge in [-0.05, 0) is 56.1 Å². The molecule has 1 saturated heterocycles. The Hall–Kier alpha value is -1.91. The second-order valence-electron chi connectivity index (χ2n) is 9.57. The number of nitrogens with zero attached hydrogens (tertiary/aromatic N) is 2. The summed E-state index contributed by atoms with van der Waals surface area (Å²) >= 11 is 9.57. The van der Waals surface area contributed by atoms with Gasteiger partial charge in [0, 0.05) is 33.6 Å². The molecule has 1 unspecified atom stereocenters. The third kappa shape index (κ3) is 5.50. The summed E-state index contributed by atoms with van der Waals surface area (Å²) in [5.74, 6) is -0.185. The van der Waals surface area contributed by atoms with Crippen molar-refractivity contribution in [2.45, 2.75) is 56.8 Å². The van der Waals surface area contributed by atoms with Crippen LogP contribution in [0, 0.1) is 5.92 Å². The Bertz CT molecular complexity index is 1150. The summed E-state index contributed by atoms with van der Waals surface area (Å²) in [5, 5.41) is 25.3. The number of thioether (sulfide) groups is 1. The number of carbonyl (C=O) groups excluding carboxylic acids is 2. The van der Waals surface area contributed by atoms with E-state index < -0.39 is 24.0 Å². The van der Waals surface area contributed by atoms with Crippen LogP contribution in [0.3, 0.4) is 0 Å². The van der Waals surface area contributed by atoms with Crippen LogP contribution in [-0.4, -0.2) is 63.0 Å². The molecule has 1 aromatic carbocycles. The van der Waals surface area contributed by atoms with Crippen molar-refractivity contribution in [3.63, 3.8) is 0 Å². The molecule has 1 fully saturated rings. The molecular weight excluding hydrogens is 518 g/mol. The maximum absolute atomic E-state index is 13.0. The van der Waals surface area contributed by atoms with E-state index in [0.717, 1.165) is 70.5 Å². The molecule has 2 aliphatic heterocycles. The monoisotopic (exact) mass is 547 g/mol. The highest BCUT2D eigenvalue weighted by atomic mass is 35.5. The molecule has 36 heavy (non-hydrogen) atoms. The fourth-order valence-electron chi connectivity index (χ4n) is 5.11. The molecule has 0 saturated carbocycles. The number of halogens is 1. The molecule has 10 heteroatoms. The zero-order chi connectivity index (χ0) is 25.2. The zero-order valence-electron chi connectivity index (χ0n) is 19.9. The normalized spacial score (nSPS) is 22.9. The van der Waals surface area contributed by atoms with Crippen LogP contribution in [0.2, 0.25) is 5.02 Å². The lowest BCUT2D eigenvalue weighted by molar-refractivity contribution is -0.153. The molecule has 0 spiro atoms. The zero-order valence-corrected chi connectivity index (χ0v) is 22.2. The highest BCUT2D eigenvalue weighted by Gasteiger charge is 2.40. The second-order valence-corrected chi connectivity index (χ2v) is 12.2. The maximum atomic E-state index is 13.0. The molecule has 2 amide bonds. The Balaban J connectivity index is 1.14. The predicted molar refractivity (Wildman–Crippen MR) is 142 cm³/mol. The molecular formula is C26H30ClN3O4S2. The third-order valence-electron chi connectivity index (χ3n) is 7.04. The van der Waals surface area contributed by atoms with Gasteiger partial charge in [-0.15, -0.1) is 23.1 Å². The first-order chi connectivity index (χ1) is 17.4. The summed E-state index contributed by atoms with van der Waals surface area (Å²) in [5.41, 5.74) is 2.22. The first-order valence-corrected chi connectivity index (χ1v) is 14.6. The quantitative estimate of drug-likeness (QED) is 0.469. The van der Waals surface area contributed by atoms with Crippen LogP contribution < -0.4 is 5.32 Å². The van der Waals surface area contributed by atoms with Crippen molar-refractivity contribution in [1.29, 1.82) is 0 Å². The minimum atomic E-state index is -1.83. The largest absolute Gasteiger partial charge is 0.380 e. The molecule has 4 atom stereocenters. The Morgan fingerprint density at radius 1 is 1.19 bits per heavy atom. The van der Waals surface area contributed by atoms with Gasteiger partial charge < -0.3 is 20.4 Å². The molecule has 192 valence electrons. The van der Waals surface area contributed by atoms with Gasteiger partial charge >= 0.3 is 0 Å². The summed E-state index contributed by atoms with van der Waals surface area (Å²) in [6.07, 6.45) is 4.00. The topological polar surface area (TPSA) is 103 Å². The minimum absolute atomic E-state index is 0.201. The van der Waals surface area contributed by atoms with Crippen LogP contribution in [0.15, 0.2) is 35.2 Å². The first kappa shape index (κ1) is 25.7. The van der Waals surface area contributed by atoms with Crippen LogP contribution in [0.1, 0.15) is 46.4 Å². The van der Waals surface area contributed by atoms with Crippen LogP contribution in [0.25, 0.3) is 0 Å². The fraction of sp³-hybridized carbons (Fsp3) is 0.500. The minimum Gasteiger partial charge on any atom is -0.380 e. The van der Waals surface area contributed by atoms with Crippen molar-refractivity contribution < 1.29 is 19.8 Å². The van der Waals surface area contributed by atoms with Crippen LogP contribution in [-0.2, 0) is 28.9 Å². The van der Waals surface area contributed by atoms with Gasteiger partial charge in [-0.2, -0.15) is 0 Å². The van der Waals surface area contributed by atoms with Crippen molar-refractivity contribution in [3.05, 3.63) is 61.4 Å². The Labute approximate surface area is 223 Å². The van der Waals surface area contributed by atoms with Gasteiger partial charge in [0.1, 0.15) is 5.01 Å². The molecule has 2 aromatic rings. The summed E-state index contributed by atoms with van der Waals surface area (Å²) < 4.78 is 0. The highest BCUT2D eigenvalue weighted by molar-refractivity contribution is 8.03. The molecule has 5 rings (SSSR count). The predicted octanol–water partition coefficient (Wildman–Crippen LogP) is 3.28. The molecule has 3 aliphatic rings. The highest BCUT2D eigenvalue weighted by Crippen LogP contribution is 2.38. The van der Waals surface area contributed by atoms with Crippen LogP contribution >= 0.6 is 34.7 Å². The number of amides is 2. The lowest BCUT2D eigenvalue weighted by Gasteiger charge is -2.27. The van der Waals surface area contributed by atoms with Gasteiger partial charge in [-0.3, -0.25) is 9.59 Å². The Kier molecular flexibility index (Phi) is 8.02. The average Bonchev–Trinajstić information content (AvgIpc) is 3.66. The number of aryl methyl sites for hydroxylation is 2. The Morgan fingerprint density at radius 2 is 2.03 bits per heavy atom. The molecule has 1 aliphatic carbocycles. The van der Waals surface area contributed by atoms with E-state index in [1.54, 1.807) is 28.0 Å². The van der Waals surface area contributed by atoms with Gasteiger partial charge in [0.05, 0.1) is 11.7 Å². The molecule has 3 N–H and O–H groups in total. The lowest BCUT2D eigenvalue weighted by atomic mass is 10.0. The number of likely N-dealkylation sites (tertiary alicyclic amines) is 1. The number of aromatic nitrogens is 1. The van der Waals surface area contributed by atoms with E-state index in [2.05, 4.69) is 11.4 Å². The van der Waals surface area contributed by atoms with Gasteiger partial charge in [-0.25, -0.2) is 4.98 Å². The number of allylic oxidation sites excluding steroid dienone is 1. The van der Waals surface area contributed by atoms with E-state index in [1.807, 2.05) is 24.3 Å². The molecule has 0 bridgehead atoms. The number of aliphatic hydroxyl groups is 2. The number of hydrogen-bond donors (Lipinski definition) is 3. The number of rotatable bonds is 8. The van der Waals surface area contributed by atoms with E-state index in [4.69, 9.17) is 16.6 Å². The molecule has 1 aromatic heterocycles. The maximum Gasteiger partial charge on any atom is 0.255 e. The standard InChI is InChI=1S/C26H30ClN3O4S2/c27-18-6-2-1-5-16(18)11-15-12-17(35-14-15)13-28-24(33)22(31)23(32)26(34)30-10-4-8-20(30)25-29-19-7-3-9-21(19)36-25/h1-2,5-6,12,15,20,22-23,31-32H,3-4,7-11,13-14H2,(H,28,33)/t15?,20-,22-,23-/m1/s1. The second kappa shape index (κ2) is 11.2. The third-order valence-corrected chi connectivity index (χ3v) is 9.91. The number of thiazole rings is 1. The summed E-state index contributed by atoms with van der Waals surface area (Å²) in [6, 6.07) is 7.57. The van der Waals surface area contributed by atoms with Crippen molar-refractivity contribution in [2.75, 3.05) is 18.8 Å². The summed E-state index contributed by atoms with van der Waals surface area (Å²) in [4.78, 5) is 34.2.